The van der Waals surface area contributed by atoms with E-state index in [0.717, 1.165) is 30.8 Å². The molecule has 460 valence electrons. The van der Waals surface area contributed by atoms with Crippen molar-refractivity contribution in [2.24, 2.45) is 7.05 Å². The van der Waals surface area contributed by atoms with E-state index in [1.54, 1.807) is 49.0 Å². The molecule has 7 rings (SSSR count). The molecule has 5 aromatic rings. The lowest BCUT2D eigenvalue weighted by Crippen LogP contribution is -2.59. The van der Waals surface area contributed by atoms with E-state index in [1.807, 2.05) is 54.6 Å². The summed E-state index contributed by atoms with van der Waals surface area (Å²) in [7, 11) is 7.79. The molecule has 22 heteroatoms. The lowest BCUT2D eigenvalue weighted by molar-refractivity contribution is -0.293. The zero-order chi connectivity index (χ0) is 64.0. The van der Waals surface area contributed by atoms with Crippen LogP contribution in [0, 0.1) is 6.92 Å². The van der Waals surface area contributed by atoms with Gasteiger partial charge in [-0.05, 0) is 104 Å². The first-order chi connectivity index (χ1) is 41.8. The molecular formula is C65H71N3O19. The second-order valence-corrected chi connectivity index (χ2v) is 18.6. The number of hydrogen-bond donors (Lipinski definition) is 0. The Hall–Kier alpha value is -9.58. The molecule has 87 heavy (non-hydrogen) atoms. The molecule has 5 atom stereocenters. The van der Waals surface area contributed by atoms with E-state index in [9.17, 15) is 47.9 Å². The van der Waals surface area contributed by atoms with Crippen molar-refractivity contribution >= 4 is 81.7 Å². The Morgan fingerprint density at radius 2 is 1.11 bits per heavy atom. The van der Waals surface area contributed by atoms with Crippen molar-refractivity contribution in [3.8, 4) is 5.69 Å². The molecule has 0 radical (unpaired) electrons. The minimum atomic E-state index is -1.00. The van der Waals surface area contributed by atoms with E-state index >= 15 is 0 Å². The second kappa shape index (κ2) is 36.3. The third kappa shape index (κ3) is 20.6. The van der Waals surface area contributed by atoms with Crippen LogP contribution in [-0.2, 0) is 83.3 Å². The number of fused-ring (bicyclic) bond motifs is 1. The van der Waals surface area contributed by atoms with Gasteiger partial charge in [0.25, 0.3) is 22.9 Å². The standard InChI is InChI=1S/C18H18N2O4.C17H19NO3.C16H12O5.C14H22O7/c1-4-12-24-18(23)16(21)11-10-15-13(2)19(3)20(17(15)22)14-8-6-5-7-9-14;1-2-13-21-17(20)16(19)10-7-14-5-8-15(9-6-14)18-11-3-4-12-18;1-2-9-20-16(19)13(17)8-7-11-10-21-14-6-4-3-5-12(14)15(11)18;1-8(15)9(16)6-7-10-11(17-2)12(18-3)13(19-4)14(20-5)21-10/h4-11H,1,12H2,2-3H3;2,5-10H,1,3-4,11-13H2;2-8,10H,1,9H2;6-7,10-14H,1-5H3/b11-10+;10-7+;8-7+;7-6+/t;;;10-,11-,12+,13+,14+/m...0/s1. The summed E-state index contributed by atoms with van der Waals surface area (Å²) in [6, 6.07) is 23.8. The lowest BCUT2D eigenvalue weighted by atomic mass is 9.97. The molecule has 4 heterocycles. The highest BCUT2D eigenvalue weighted by atomic mass is 16.7. The van der Waals surface area contributed by atoms with Gasteiger partial charge in [-0.2, -0.15) is 0 Å². The van der Waals surface area contributed by atoms with E-state index in [0.29, 0.717) is 27.9 Å². The van der Waals surface area contributed by atoms with E-state index in [4.69, 9.17) is 28.1 Å². The van der Waals surface area contributed by atoms with Crippen LogP contribution in [0.3, 0.4) is 0 Å². The van der Waals surface area contributed by atoms with Crippen molar-refractivity contribution in [2.75, 3.05) is 66.2 Å². The Morgan fingerprint density at radius 3 is 1.63 bits per heavy atom. The molecule has 0 aliphatic carbocycles. The van der Waals surface area contributed by atoms with Crippen LogP contribution in [0.5, 0.6) is 0 Å². The van der Waals surface area contributed by atoms with Gasteiger partial charge in [0.2, 0.25) is 5.78 Å². The maximum absolute atomic E-state index is 12.6. The van der Waals surface area contributed by atoms with Crippen molar-refractivity contribution in [1.82, 2.24) is 9.36 Å². The summed E-state index contributed by atoms with van der Waals surface area (Å²) in [5.74, 6) is -6.35. The number of carbonyl (C=O) groups is 8. The van der Waals surface area contributed by atoms with Crippen molar-refractivity contribution < 1.29 is 80.7 Å². The number of allylic oxidation sites excluding steroid dienone is 1. The number of hydrogen-bond acceptors (Lipinski definition) is 20. The molecule has 22 nitrogen and oxygen atoms in total. The van der Waals surface area contributed by atoms with Gasteiger partial charge in [-0.15, -0.1) is 0 Å². The van der Waals surface area contributed by atoms with Gasteiger partial charge in [-0.1, -0.05) is 86.5 Å². The second-order valence-electron chi connectivity index (χ2n) is 18.6. The summed E-state index contributed by atoms with van der Waals surface area (Å²) in [5, 5.41) is 0.404. The Kier molecular flexibility index (Phi) is 29.2. The predicted molar refractivity (Wildman–Crippen MR) is 325 cm³/mol. The maximum atomic E-state index is 12.6. The van der Waals surface area contributed by atoms with Crippen LogP contribution in [0.4, 0.5) is 5.69 Å². The Balaban J connectivity index is 0.000000249. The van der Waals surface area contributed by atoms with E-state index < -0.39 is 77.5 Å². The molecular weight excluding hydrogens is 1130 g/mol. The van der Waals surface area contributed by atoms with Crippen LogP contribution in [-0.4, -0.2) is 148 Å². The first-order valence-corrected chi connectivity index (χ1v) is 27.0. The summed E-state index contributed by atoms with van der Waals surface area (Å²) in [6.45, 7) is 15.3. The fourth-order valence-electron chi connectivity index (χ4n) is 8.34. The molecule has 0 amide bonds. The number of ether oxygens (including phenoxy) is 8. The van der Waals surface area contributed by atoms with E-state index in [-0.39, 0.29) is 36.4 Å². The van der Waals surface area contributed by atoms with Crippen LogP contribution >= 0.6 is 0 Å². The largest absolute Gasteiger partial charge is 0.463 e. The van der Waals surface area contributed by atoms with E-state index in [2.05, 4.69) is 38.8 Å². The van der Waals surface area contributed by atoms with Crippen molar-refractivity contribution in [2.45, 2.75) is 57.4 Å². The third-order valence-electron chi connectivity index (χ3n) is 12.9. The molecule has 0 N–H and O–H groups in total. The number of benzene rings is 3. The Labute approximate surface area is 502 Å². The molecule has 2 aliphatic rings. The van der Waals surface area contributed by atoms with Crippen LogP contribution in [0.15, 0.2) is 167 Å². The molecule has 2 fully saturated rings. The van der Waals surface area contributed by atoms with Crippen molar-refractivity contribution in [3.05, 3.63) is 196 Å². The molecule has 2 aliphatic heterocycles. The first kappa shape index (κ1) is 69.9. The molecule has 0 unspecified atom stereocenters. The molecule has 2 aromatic heterocycles. The highest BCUT2D eigenvalue weighted by Gasteiger charge is 2.46. The smallest absolute Gasteiger partial charge is 0.379 e. The minimum absolute atomic E-state index is 0.0381. The van der Waals surface area contributed by atoms with Gasteiger partial charge < -0.3 is 47.2 Å². The maximum Gasteiger partial charge on any atom is 0.379 e. The van der Waals surface area contributed by atoms with Gasteiger partial charge >= 0.3 is 17.9 Å². The molecule has 0 saturated carbocycles. The molecule has 0 spiro atoms. The topological polar surface area (TPSA) is 271 Å². The quantitative estimate of drug-likeness (QED) is 0.0206. The summed E-state index contributed by atoms with van der Waals surface area (Å²) < 4.78 is 49.5. The fraction of sp³-hybridized carbons (Fsp3) is 0.292. The number of para-hydroxylation sites is 2. The number of anilines is 1. The lowest BCUT2D eigenvalue weighted by Gasteiger charge is -2.43. The normalized spacial score (nSPS) is 17.0. The average molecular weight is 1200 g/mol. The number of ketones is 5. The summed E-state index contributed by atoms with van der Waals surface area (Å²) in [6.07, 6.45) is 15.3. The molecule has 3 aromatic carbocycles. The Morgan fingerprint density at radius 1 is 0.598 bits per heavy atom. The van der Waals surface area contributed by atoms with Crippen LogP contribution in [0.2, 0.25) is 0 Å². The minimum Gasteiger partial charge on any atom is -0.463 e. The third-order valence-corrected chi connectivity index (χ3v) is 12.9. The van der Waals surface area contributed by atoms with Gasteiger partial charge in [0.15, 0.2) is 17.5 Å². The van der Waals surface area contributed by atoms with Gasteiger partial charge in [0.05, 0.1) is 22.2 Å². The summed E-state index contributed by atoms with van der Waals surface area (Å²) in [4.78, 5) is 118. The number of aromatic nitrogens is 2. The average Bonchev–Trinajstić information content (AvgIpc) is 1.94. The van der Waals surface area contributed by atoms with Crippen molar-refractivity contribution in [3.63, 3.8) is 0 Å². The van der Waals surface area contributed by atoms with Gasteiger partial charge in [0, 0.05) is 66.9 Å². The van der Waals surface area contributed by atoms with Crippen molar-refractivity contribution in [1.29, 1.82) is 0 Å². The number of rotatable bonds is 24. The van der Waals surface area contributed by atoms with Gasteiger partial charge in [-0.3, -0.25) is 38.2 Å². The summed E-state index contributed by atoms with van der Waals surface area (Å²) in [5.41, 5.74) is 3.88. The molecule has 0 bridgehead atoms. The molecule has 2 saturated heterocycles. The van der Waals surface area contributed by atoms with Gasteiger partial charge in [0.1, 0.15) is 56.1 Å². The van der Waals surface area contributed by atoms with Crippen LogP contribution < -0.4 is 15.9 Å². The highest BCUT2D eigenvalue weighted by molar-refractivity contribution is 6.41. The number of esters is 3. The zero-order valence-corrected chi connectivity index (χ0v) is 49.5. The number of Topliss-reactive ketones (excluding diaryl/α,β-unsaturated/α-hetero) is 1. The Bertz CT molecular complexity index is 3470. The van der Waals surface area contributed by atoms with Crippen LogP contribution in [0.25, 0.3) is 34.9 Å². The highest BCUT2D eigenvalue weighted by Crippen LogP contribution is 2.28. The van der Waals surface area contributed by atoms with Gasteiger partial charge in [-0.25, -0.2) is 19.1 Å². The monoisotopic (exact) mass is 1200 g/mol. The summed E-state index contributed by atoms with van der Waals surface area (Å²) >= 11 is 0. The SMILES string of the molecule is C=CCOC(=O)C(=O)/C=C/c1c(C)n(C)n(-c2ccccc2)c1=O.C=CCOC(=O)C(=O)/C=C/c1ccc(N2CCCC2)cc1.C=CCOC(=O)C(=O)/C=C/c1coc2ccccc2c1=O.CO[C@@H]1O[C@@H](/C=C/C(=O)C(C)=O)[C@H](OC)[C@@H](OC)[C@H]1OC. The fourth-order valence-corrected chi connectivity index (χ4v) is 8.34. The number of methoxy groups -OCH3 is 4. The van der Waals surface area contributed by atoms with Crippen LogP contribution in [0.1, 0.15) is 42.1 Å². The first-order valence-electron chi connectivity index (χ1n) is 27.0. The number of nitrogens with zero attached hydrogens (tertiary/aromatic N) is 3. The number of carbonyl (C=O) groups excluding carboxylic acids is 8. The van der Waals surface area contributed by atoms with E-state index in [1.165, 1.54) is 113 Å². The predicted octanol–water partition coefficient (Wildman–Crippen LogP) is 6.62. The zero-order valence-electron chi connectivity index (χ0n) is 49.5.